The standard InChI is InChI=1S/C14H15N5/c1-10-7-11(2)19-14(18-10)4-6-16-12-3-5-17-13(8-12)9-15/h3,5,7-8H,4,6H2,1-2H3,(H,16,17). The van der Waals surface area contributed by atoms with Crippen LogP contribution in [0.5, 0.6) is 0 Å². The summed E-state index contributed by atoms with van der Waals surface area (Å²) in [5.41, 5.74) is 3.26. The molecular weight excluding hydrogens is 238 g/mol. The molecule has 0 fully saturated rings. The first-order valence-electron chi connectivity index (χ1n) is 6.08. The predicted octanol–water partition coefficient (Wildman–Crippen LogP) is 2.01. The van der Waals surface area contributed by atoms with E-state index in [1.807, 2.05) is 32.0 Å². The zero-order valence-corrected chi connectivity index (χ0v) is 11.0. The topological polar surface area (TPSA) is 74.5 Å². The van der Waals surface area contributed by atoms with Crippen LogP contribution in [0, 0.1) is 25.2 Å². The van der Waals surface area contributed by atoms with Gasteiger partial charge in [-0.2, -0.15) is 5.26 Å². The average Bonchev–Trinajstić information content (AvgIpc) is 2.38. The molecule has 0 atom stereocenters. The minimum atomic E-state index is 0.410. The van der Waals surface area contributed by atoms with Crippen molar-refractivity contribution in [2.24, 2.45) is 0 Å². The Bertz CT molecular complexity index is 595. The van der Waals surface area contributed by atoms with E-state index in [4.69, 9.17) is 5.26 Å². The summed E-state index contributed by atoms with van der Waals surface area (Å²) < 4.78 is 0. The number of rotatable bonds is 4. The van der Waals surface area contributed by atoms with E-state index in [-0.39, 0.29) is 0 Å². The van der Waals surface area contributed by atoms with Crippen molar-refractivity contribution in [2.45, 2.75) is 20.3 Å². The van der Waals surface area contributed by atoms with Gasteiger partial charge in [0, 0.05) is 36.2 Å². The molecule has 0 aromatic carbocycles. The molecule has 2 heterocycles. The zero-order valence-electron chi connectivity index (χ0n) is 11.0. The average molecular weight is 253 g/mol. The van der Waals surface area contributed by atoms with Crippen LogP contribution in [-0.4, -0.2) is 21.5 Å². The molecular formula is C14H15N5. The first-order valence-corrected chi connectivity index (χ1v) is 6.08. The number of nitriles is 1. The fraction of sp³-hybridized carbons (Fsp3) is 0.286. The minimum absolute atomic E-state index is 0.410. The van der Waals surface area contributed by atoms with Crippen LogP contribution in [0.15, 0.2) is 24.4 Å². The van der Waals surface area contributed by atoms with Gasteiger partial charge in [0.25, 0.3) is 0 Å². The molecule has 2 aromatic rings. The first kappa shape index (κ1) is 13.0. The molecule has 5 nitrogen and oxygen atoms in total. The van der Waals surface area contributed by atoms with Crippen LogP contribution < -0.4 is 5.32 Å². The maximum Gasteiger partial charge on any atom is 0.142 e. The molecule has 19 heavy (non-hydrogen) atoms. The zero-order chi connectivity index (χ0) is 13.7. The second-order valence-corrected chi connectivity index (χ2v) is 4.29. The van der Waals surface area contributed by atoms with E-state index in [0.29, 0.717) is 5.69 Å². The van der Waals surface area contributed by atoms with Crippen molar-refractivity contribution in [1.82, 2.24) is 15.0 Å². The Balaban J connectivity index is 1.94. The number of hydrogen-bond donors (Lipinski definition) is 1. The molecule has 0 saturated carbocycles. The highest BCUT2D eigenvalue weighted by Gasteiger charge is 2.00. The molecule has 0 radical (unpaired) electrons. The molecule has 5 heteroatoms. The quantitative estimate of drug-likeness (QED) is 0.902. The highest BCUT2D eigenvalue weighted by Crippen LogP contribution is 2.07. The summed E-state index contributed by atoms with van der Waals surface area (Å²) in [6.45, 7) is 4.65. The monoisotopic (exact) mass is 253 g/mol. The number of hydrogen-bond acceptors (Lipinski definition) is 5. The molecule has 0 amide bonds. The Labute approximate surface area is 112 Å². The number of nitrogens with zero attached hydrogens (tertiary/aromatic N) is 4. The summed E-state index contributed by atoms with van der Waals surface area (Å²) in [5.74, 6) is 0.833. The maximum absolute atomic E-state index is 8.77. The van der Waals surface area contributed by atoms with Crippen molar-refractivity contribution < 1.29 is 0 Å². The van der Waals surface area contributed by atoms with Crippen LogP contribution in [0.2, 0.25) is 0 Å². The lowest BCUT2D eigenvalue weighted by Gasteiger charge is -2.06. The Morgan fingerprint density at radius 1 is 1.21 bits per heavy atom. The normalized spacial score (nSPS) is 9.95. The minimum Gasteiger partial charge on any atom is -0.384 e. The van der Waals surface area contributed by atoms with Gasteiger partial charge in [0.1, 0.15) is 17.6 Å². The van der Waals surface area contributed by atoms with Gasteiger partial charge in [-0.05, 0) is 32.0 Å². The fourth-order valence-corrected chi connectivity index (χ4v) is 1.83. The van der Waals surface area contributed by atoms with Crippen LogP contribution in [0.3, 0.4) is 0 Å². The molecule has 0 saturated heterocycles. The van der Waals surface area contributed by atoms with Crippen molar-refractivity contribution in [2.75, 3.05) is 11.9 Å². The summed E-state index contributed by atoms with van der Waals surface area (Å²) in [7, 11) is 0. The van der Waals surface area contributed by atoms with Gasteiger partial charge >= 0.3 is 0 Å². The van der Waals surface area contributed by atoms with Gasteiger partial charge in [0.05, 0.1) is 0 Å². The van der Waals surface area contributed by atoms with E-state index in [1.54, 1.807) is 12.3 Å². The second kappa shape index (κ2) is 5.91. The lowest BCUT2D eigenvalue weighted by molar-refractivity contribution is 0.863. The highest BCUT2D eigenvalue weighted by molar-refractivity contribution is 5.45. The first-order chi connectivity index (χ1) is 9.17. The van der Waals surface area contributed by atoms with Crippen molar-refractivity contribution >= 4 is 5.69 Å². The molecule has 0 aliphatic rings. The van der Waals surface area contributed by atoms with Gasteiger partial charge < -0.3 is 5.32 Å². The smallest absolute Gasteiger partial charge is 0.142 e. The summed E-state index contributed by atoms with van der Waals surface area (Å²) >= 11 is 0. The Morgan fingerprint density at radius 3 is 2.63 bits per heavy atom. The van der Waals surface area contributed by atoms with Crippen molar-refractivity contribution in [1.29, 1.82) is 5.26 Å². The molecule has 0 bridgehead atoms. The van der Waals surface area contributed by atoms with Crippen LogP contribution in [0.1, 0.15) is 22.9 Å². The summed E-state index contributed by atoms with van der Waals surface area (Å²) in [4.78, 5) is 12.7. The van der Waals surface area contributed by atoms with E-state index >= 15 is 0 Å². The third kappa shape index (κ3) is 3.75. The lowest BCUT2D eigenvalue weighted by atomic mass is 10.3. The van der Waals surface area contributed by atoms with Gasteiger partial charge in [-0.3, -0.25) is 0 Å². The molecule has 2 aromatic heterocycles. The molecule has 0 unspecified atom stereocenters. The van der Waals surface area contributed by atoms with Crippen molar-refractivity contribution in [3.63, 3.8) is 0 Å². The predicted molar refractivity (Wildman–Crippen MR) is 72.7 cm³/mol. The molecule has 1 N–H and O–H groups in total. The number of pyridine rings is 1. The maximum atomic E-state index is 8.77. The molecule has 0 spiro atoms. The van der Waals surface area contributed by atoms with E-state index in [2.05, 4.69) is 20.3 Å². The third-order valence-electron chi connectivity index (χ3n) is 2.58. The SMILES string of the molecule is Cc1cc(C)nc(CCNc2ccnc(C#N)c2)n1. The van der Waals surface area contributed by atoms with Crippen molar-refractivity contribution in [3.8, 4) is 6.07 Å². The van der Waals surface area contributed by atoms with Gasteiger partial charge in [-0.25, -0.2) is 15.0 Å². The van der Waals surface area contributed by atoms with Gasteiger partial charge in [-0.1, -0.05) is 0 Å². The van der Waals surface area contributed by atoms with Crippen LogP contribution in [0.25, 0.3) is 0 Å². The molecule has 0 aliphatic carbocycles. The Morgan fingerprint density at radius 2 is 1.95 bits per heavy atom. The number of nitrogens with one attached hydrogen (secondary N) is 1. The lowest BCUT2D eigenvalue weighted by Crippen LogP contribution is -2.09. The van der Waals surface area contributed by atoms with E-state index in [9.17, 15) is 0 Å². The van der Waals surface area contributed by atoms with Crippen LogP contribution in [0.4, 0.5) is 5.69 Å². The van der Waals surface area contributed by atoms with Crippen LogP contribution in [-0.2, 0) is 6.42 Å². The van der Waals surface area contributed by atoms with Crippen LogP contribution >= 0.6 is 0 Å². The van der Waals surface area contributed by atoms with E-state index in [0.717, 1.165) is 35.9 Å². The highest BCUT2D eigenvalue weighted by atomic mass is 14.9. The van der Waals surface area contributed by atoms with E-state index in [1.165, 1.54) is 0 Å². The molecule has 0 aliphatic heterocycles. The molecule has 2 rings (SSSR count). The number of aryl methyl sites for hydroxylation is 2. The fourth-order valence-electron chi connectivity index (χ4n) is 1.83. The molecule has 96 valence electrons. The van der Waals surface area contributed by atoms with Gasteiger partial charge in [-0.15, -0.1) is 0 Å². The summed E-state index contributed by atoms with van der Waals surface area (Å²) in [6.07, 6.45) is 2.36. The Kier molecular flexibility index (Phi) is 4.04. The third-order valence-corrected chi connectivity index (χ3v) is 2.58. The van der Waals surface area contributed by atoms with Gasteiger partial charge in [0.15, 0.2) is 0 Å². The number of aromatic nitrogens is 3. The van der Waals surface area contributed by atoms with Crippen molar-refractivity contribution in [3.05, 3.63) is 47.3 Å². The second-order valence-electron chi connectivity index (χ2n) is 4.29. The van der Waals surface area contributed by atoms with Gasteiger partial charge in [0.2, 0.25) is 0 Å². The van der Waals surface area contributed by atoms with E-state index < -0.39 is 0 Å². The Hall–Kier alpha value is -2.48. The summed E-state index contributed by atoms with van der Waals surface area (Å²) in [5, 5.41) is 12.0. The summed E-state index contributed by atoms with van der Waals surface area (Å²) in [6, 6.07) is 7.53. The number of anilines is 1. The largest absolute Gasteiger partial charge is 0.384 e.